The fourth-order valence-corrected chi connectivity index (χ4v) is 5.08. The van der Waals surface area contributed by atoms with E-state index in [0.717, 1.165) is 0 Å². The van der Waals surface area contributed by atoms with Crippen LogP contribution < -0.4 is 5.56 Å². The Bertz CT molecular complexity index is 1440. The Hall–Kier alpha value is -4.04. The first-order valence-corrected chi connectivity index (χ1v) is 12.1. The maximum Gasteiger partial charge on any atom is 0.298 e. The Morgan fingerprint density at radius 2 is 1.92 bits per heavy atom. The standard InChI is InChI=1S/C26H27FN6O4/c1-3-22(34)30(2)20-12-17(13-20)24(35)31-10-8-26(37,9-11-31)15-32-16-28-23-21(25(32)36)14-29-33(23)19-6-4-18(27)5-7-19/h1,4-7,14,16-17,20,37H,8-13,15H2,2H3/t17-,20+. The Morgan fingerprint density at radius 1 is 1.24 bits per heavy atom. The summed E-state index contributed by atoms with van der Waals surface area (Å²) in [6.45, 7) is 0.800. The maximum absolute atomic E-state index is 13.3. The average molecular weight is 507 g/mol. The summed E-state index contributed by atoms with van der Waals surface area (Å²) in [5, 5.41) is 15.7. The molecule has 1 aromatic carbocycles. The van der Waals surface area contributed by atoms with Gasteiger partial charge >= 0.3 is 0 Å². The summed E-state index contributed by atoms with van der Waals surface area (Å²) in [4.78, 5) is 45.3. The van der Waals surface area contributed by atoms with Crippen LogP contribution >= 0.6 is 0 Å². The molecule has 2 aliphatic rings. The number of hydrogen-bond donors (Lipinski definition) is 1. The third kappa shape index (κ3) is 4.60. The van der Waals surface area contributed by atoms with Gasteiger partial charge in [0, 0.05) is 32.1 Å². The number of rotatable bonds is 5. The average Bonchev–Trinajstić information content (AvgIpc) is 3.30. The molecule has 5 rings (SSSR count). The SMILES string of the molecule is C#CC(=O)N(C)[C@H]1C[C@@H](C(=O)N2CCC(O)(Cn3cnc4c(cnn4-c4ccc(F)cc4)c3=O)CC2)C1. The van der Waals surface area contributed by atoms with Crippen molar-refractivity contribution in [1.82, 2.24) is 29.1 Å². The van der Waals surface area contributed by atoms with Crippen LogP contribution in [0.2, 0.25) is 0 Å². The molecule has 10 nitrogen and oxygen atoms in total. The highest BCUT2D eigenvalue weighted by molar-refractivity contribution is 5.93. The predicted octanol–water partition coefficient (Wildman–Crippen LogP) is 0.945. The summed E-state index contributed by atoms with van der Waals surface area (Å²) in [5.41, 5.74) is -0.585. The first-order valence-electron chi connectivity index (χ1n) is 12.1. The van der Waals surface area contributed by atoms with Crippen LogP contribution in [0, 0.1) is 24.1 Å². The van der Waals surface area contributed by atoms with E-state index in [1.165, 1.54) is 38.8 Å². The number of aliphatic hydroxyl groups is 1. The largest absolute Gasteiger partial charge is 0.388 e. The topological polar surface area (TPSA) is 114 Å². The monoisotopic (exact) mass is 506 g/mol. The van der Waals surface area contributed by atoms with Crippen LogP contribution in [0.15, 0.2) is 41.6 Å². The van der Waals surface area contributed by atoms with Gasteiger partial charge in [-0.15, -0.1) is 6.42 Å². The highest BCUT2D eigenvalue weighted by atomic mass is 19.1. The zero-order chi connectivity index (χ0) is 26.3. The molecule has 2 amide bonds. The van der Waals surface area contributed by atoms with Crippen molar-refractivity contribution >= 4 is 22.8 Å². The summed E-state index contributed by atoms with van der Waals surface area (Å²) in [5.74, 6) is 1.20. The second-order valence-corrected chi connectivity index (χ2v) is 9.88. The number of carbonyl (C=O) groups excluding carboxylic acids is 2. The minimum atomic E-state index is -1.16. The van der Waals surface area contributed by atoms with Gasteiger partial charge in [-0.05, 0) is 55.9 Å². The molecule has 0 unspecified atom stereocenters. The Kier molecular flexibility index (Phi) is 6.29. The predicted molar refractivity (Wildman–Crippen MR) is 132 cm³/mol. The molecule has 37 heavy (non-hydrogen) atoms. The third-order valence-electron chi connectivity index (χ3n) is 7.55. The van der Waals surface area contributed by atoms with Gasteiger partial charge in [-0.25, -0.2) is 14.1 Å². The van der Waals surface area contributed by atoms with Gasteiger partial charge in [0.2, 0.25) is 5.91 Å². The molecule has 0 atom stereocenters. The number of piperidine rings is 1. The lowest BCUT2D eigenvalue weighted by Crippen LogP contribution is -2.54. The zero-order valence-electron chi connectivity index (χ0n) is 20.4. The Labute approximate surface area is 212 Å². The van der Waals surface area contributed by atoms with Crippen molar-refractivity contribution in [1.29, 1.82) is 0 Å². The molecule has 0 radical (unpaired) electrons. The van der Waals surface area contributed by atoms with Crippen molar-refractivity contribution < 1.29 is 19.1 Å². The van der Waals surface area contributed by atoms with Gasteiger partial charge < -0.3 is 14.9 Å². The van der Waals surface area contributed by atoms with Crippen LogP contribution in [0.3, 0.4) is 0 Å². The fourth-order valence-electron chi connectivity index (χ4n) is 5.08. The second kappa shape index (κ2) is 9.44. The van der Waals surface area contributed by atoms with E-state index >= 15 is 0 Å². The number of aromatic nitrogens is 4. The lowest BCUT2D eigenvalue weighted by molar-refractivity contribution is -0.147. The smallest absolute Gasteiger partial charge is 0.298 e. The van der Waals surface area contributed by atoms with Gasteiger partial charge in [-0.3, -0.25) is 19.0 Å². The van der Waals surface area contributed by atoms with E-state index in [9.17, 15) is 23.9 Å². The van der Waals surface area contributed by atoms with Crippen molar-refractivity contribution in [3.05, 3.63) is 53.0 Å². The van der Waals surface area contributed by atoms with Crippen LogP contribution in [0.1, 0.15) is 25.7 Å². The zero-order valence-corrected chi connectivity index (χ0v) is 20.4. The number of benzene rings is 1. The van der Waals surface area contributed by atoms with Crippen molar-refractivity contribution in [3.8, 4) is 18.0 Å². The van der Waals surface area contributed by atoms with E-state index in [1.54, 1.807) is 24.1 Å². The molecule has 3 aromatic rings. The van der Waals surface area contributed by atoms with Crippen LogP contribution in [0.4, 0.5) is 4.39 Å². The first-order chi connectivity index (χ1) is 17.7. The molecule has 1 aliphatic heterocycles. The van der Waals surface area contributed by atoms with Crippen molar-refractivity contribution in [3.63, 3.8) is 0 Å². The lowest BCUT2D eigenvalue weighted by atomic mass is 9.78. The van der Waals surface area contributed by atoms with Crippen LogP contribution in [0.5, 0.6) is 0 Å². The number of likely N-dealkylation sites (tertiary alicyclic amines) is 1. The molecule has 2 fully saturated rings. The normalized spacial score (nSPS) is 20.8. The number of halogens is 1. The molecule has 1 aliphatic carbocycles. The minimum Gasteiger partial charge on any atom is -0.388 e. The quantitative estimate of drug-likeness (QED) is 0.516. The summed E-state index contributed by atoms with van der Waals surface area (Å²) >= 11 is 0. The van der Waals surface area contributed by atoms with Crippen molar-refractivity contribution in [2.24, 2.45) is 5.92 Å². The molecule has 1 saturated carbocycles. The summed E-state index contributed by atoms with van der Waals surface area (Å²) < 4.78 is 16.1. The van der Waals surface area contributed by atoms with Crippen molar-refractivity contribution in [2.75, 3.05) is 20.1 Å². The molecule has 0 bridgehead atoms. The Balaban J connectivity index is 1.22. The number of fused-ring (bicyclic) bond motifs is 1. The fraction of sp³-hybridized carbons (Fsp3) is 0.423. The van der Waals surface area contributed by atoms with Gasteiger partial charge in [-0.2, -0.15) is 5.10 Å². The maximum atomic E-state index is 13.3. The van der Waals surface area contributed by atoms with Gasteiger partial charge in [0.15, 0.2) is 5.65 Å². The lowest BCUT2D eigenvalue weighted by Gasteiger charge is -2.44. The number of amides is 2. The molecule has 3 heterocycles. The molecular weight excluding hydrogens is 479 g/mol. The highest BCUT2D eigenvalue weighted by Crippen LogP contribution is 2.34. The summed E-state index contributed by atoms with van der Waals surface area (Å²) in [6, 6.07) is 5.68. The van der Waals surface area contributed by atoms with E-state index < -0.39 is 5.60 Å². The van der Waals surface area contributed by atoms with E-state index in [2.05, 4.69) is 16.0 Å². The molecule has 1 N–H and O–H groups in total. The molecule has 0 spiro atoms. The van der Waals surface area contributed by atoms with Crippen LogP contribution in [-0.2, 0) is 16.1 Å². The summed E-state index contributed by atoms with van der Waals surface area (Å²) in [7, 11) is 1.65. The van der Waals surface area contributed by atoms with E-state index in [-0.39, 0.29) is 47.1 Å². The van der Waals surface area contributed by atoms with Gasteiger partial charge in [-0.1, -0.05) is 0 Å². The van der Waals surface area contributed by atoms with Crippen LogP contribution in [0.25, 0.3) is 16.7 Å². The van der Waals surface area contributed by atoms with E-state index in [0.29, 0.717) is 50.1 Å². The molecular formula is C26H27FN6O4. The molecule has 2 aromatic heterocycles. The first kappa shape index (κ1) is 24.6. The third-order valence-corrected chi connectivity index (χ3v) is 7.55. The van der Waals surface area contributed by atoms with Gasteiger partial charge in [0.1, 0.15) is 17.5 Å². The van der Waals surface area contributed by atoms with Gasteiger partial charge in [0.05, 0.1) is 24.0 Å². The second-order valence-electron chi connectivity index (χ2n) is 9.88. The summed E-state index contributed by atoms with van der Waals surface area (Å²) in [6.07, 6.45) is 9.76. The number of carbonyl (C=O) groups is 2. The number of nitrogens with zero attached hydrogens (tertiary/aromatic N) is 6. The van der Waals surface area contributed by atoms with E-state index in [4.69, 9.17) is 6.42 Å². The molecule has 192 valence electrons. The van der Waals surface area contributed by atoms with Crippen LogP contribution in [-0.4, -0.2) is 77.8 Å². The molecule has 11 heteroatoms. The van der Waals surface area contributed by atoms with Crippen molar-refractivity contribution in [2.45, 2.75) is 43.9 Å². The number of hydrogen-bond acceptors (Lipinski definition) is 6. The van der Waals surface area contributed by atoms with Gasteiger partial charge in [0.25, 0.3) is 11.5 Å². The minimum absolute atomic E-state index is 0.0216. The Morgan fingerprint density at radius 3 is 2.57 bits per heavy atom. The molecule has 1 saturated heterocycles. The van der Waals surface area contributed by atoms with E-state index in [1.807, 2.05) is 0 Å². The number of terminal acetylenes is 1. The highest BCUT2D eigenvalue weighted by Gasteiger charge is 2.42.